The lowest BCUT2D eigenvalue weighted by Gasteiger charge is -2.11. The van der Waals surface area contributed by atoms with Gasteiger partial charge in [0, 0.05) is 11.6 Å². The van der Waals surface area contributed by atoms with E-state index in [0.29, 0.717) is 26.9 Å². The van der Waals surface area contributed by atoms with Gasteiger partial charge in [-0.25, -0.2) is 4.21 Å². The summed E-state index contributed by atoms with van der Waals surface area (Å²) in [7, 11) is 1.66. The van der Waals surface area contributed by atoms with E-state index < -0.39 is 10.8 Å². The van der Waals surface area contributed by atoms with Gasteiger partial charge in [-0.1, -0.05) is 18.2 Å². The molecule has 1 unspecified atom stereocenters. The summed E-state index contributed by atoms with van der Waals surface area (Å²) >= 11 is 0. The van der Waals surface area contributed by atoms with E-state index in [1.54, 1.807) is 37.4 Å². The third kappa shape index (κ3) is 3.22. The Kier molecular flexibility index (Phi) is 4.94. The van der Waals surface area contributed by atoms with Gasteiger partial charge in [0.2, 0.25) is 0 Å². The minimum Gasteiger partial charge on any atom is -0.497 e. The van der Waals surface area contributed by atoms with E-state index in [0.717, 1.165) is 0 Å². The molecule has 0 aromatic heterocycles. The largest absolute Gasteiger partial charge is 0.497 e. The average molecular weight is 304 g/mol. The van der Waals surface area contributed by atoms with Crippen molar-refractivity contribution in [2.24, 2.45) is 10.9 Å². The second-order valence-electron chi connectivity index (χ2n) is 4.10. The Morgan fingerprint density at radius 1 is 1.10 bits per heavy atom. The number of rotatable bonds is 5. The molecule has 0 saturated carbocycles. The zero-order valence-corrected chi connectivity index (χ0v) is 12.6. The maximum Gasteiger partial charge on any atom is 0.135 e. The van der Waals surface area contributed by atoms with Gasteiger partial charge in [0.1, 0.15) is 11.5 Å². The number of nitrogens with zero attached hydrogens (tertiary/aromatic N) is 1. The zero-order valence-electron chi connectivity index (χ0n) is 11.8. The zero-order chi connectivity index (χ0) is 15.2. The molecule has 0 spiro atoms. The van der Waals surface area contributed by atoms with Crippen molar-refractivity contribution in [2.75, 3.05) is 14.2 Å². The highest BCUT2D eigenvalue weighted by atomic mass is 32.2. The summed E-state index contributed by atoms with van der Waals surface area (Å²) in [6.07, 6.45) is 1.47. The van der Waals surface area contributed by atoms with Crippen molar-refractivity contribution in [2.45, 2.75) is 9.79 Å². The van der Waals surface area contributed by atoms with Crippen molar-refractivity contribution in [3.05, 3.63) is 48.0 Å². The van der Waals surface area contributed by atoms with Crippen LogP contribution in [-0.4, -0.2) is 24.6 Å². The van der Waals surface area contributed by atoms with Gasteiger partial charge >= 0.3 is 0 Å². The monoisotopic (exact) mass is 304 g/mol. The number of hydrazone groups is 1. The van der Waals surface area contributed by atoms with Crippen LogP contribution in [-0.2, 0) is 10.8 Å². The summed E-state index contributed by atoms with van der Waals surface area (Å²) in [6.45, 7) is 0. The molecule has 0 fully saturated rings. The fourth-order valence-corrected chi connectivity index (χ4v) is 3.21. The minimum absolute atomic E-state index is 0.536. The molecule has 0 radical (unpaired) electrons. The predicted octanol–water partition coefficient (Wildman–Crippen LogP) is 2.16. The predicted molar refractivity (Wildman–Crippen MR) is 82.4 cm³/mol. The van der Waals surface area contributed by atoms with Gasteiger partial charge in [-0.05, 0) is 18.2 Å². The Hall–Kier alpha value is -2.34. The Labute approximate surface area is 125 Å². The van der Waals surface area contributed by atoms with Crippen LogP contribution in [0.3, 0.4) is 0 Å². The lowest BCUT2D eigenvalue weighted by atomic mass is 10.2. The van der Waals surface area contributed by atoms with Gasteiger partial charge in [-0.3, -0.25) is 0 Å². The van der Waals surface area contributed by atoms with Gasteiger partial charge in [0.15, 0.2) is 0 Å². The van der Waals surface area contributed by atoms with Gasteiger partial charge < -0.3 is 15.3 Å². The molecule has 21 heavy (non-hydrogen) atoms. The first kappa shape index (κ1) is 15.1. The maximum absolute atomic E-state index is 12.9. The van der Waals surface area contributed by atoms with Crippen molar-refractivity contribution < 1.29 is 13.7 Å². The second kappa shape index (κ2) is 6.90. The molecule has 110 valence electrons. The highest BCUT2D eigenvalue weighted by Gasteiger charge is 2.16. The van der Waals surface area contributed by atoms with Crippen LogP contribution in [0, 0.1) is 0 Å². The average Bonchev–Trinajstić information content (AvgIpc) is 2.54. The quantitative estimate of drug-likeness (QED) is 0.522. The lowest BCUT2D eigenvalue weighted by Crippen LogP contribution is -2.01. The molecule has 0 heterocycles. The Bertz CT molecular complexity index is 686. The third-order valence-electron chi connectivity index (χ3n) is 2.90. The molecule has 2 N–H and O–H groups in total. The number of hydrogen-bond acceptors (Lipinski definition) is 5. The molecular weight excluding hydrogens is 288 g/mol. The first-order valence-corrected chi connectivity index (χ1v) is 7.32. The van der Waals surface area contributed by atoms with E-state index in [-0.39, 0.29) is 0 Å². The van der Waals surface area contributed by atoms with Crippen molar-refractivity contribution in [3.63, 3.8) is 0 Å². The van der Waals surface area contributed by atoms with E-state index >= 15 is 0 Å². The minimum atomic E-state index is -1.43. The number of nitrogens with two attached hydrogens (primary N) is 1. The molecule has 0 amide bonds. The molecule has 1 atom stereocenters. The third-order valence-corrected chi connectivity index (χ3v) is 4.39. The number of ether oxygens (including phenoxy) is 2. The van der Waals surface area contributed by atoms with Gasteiger partial charge in [0.05, 0.1) is 41.0 Å². The van der Waals surface area contributed by atoms with E-state index in [1.165, 1.54) is 13.3 Å². The summed E-state index contributed by atoms with van der Waals surface area (Å²) < 4.78 is 23.3. The highest BCUT2D eigenvalue weighted by Crippen LogP contribution is 2.30. The summed E-state index contributed by atoms with van der Waals surface area (Å²) in [4.78, 5) is 1.15. The standard InChI is InChI=1S/C15H16N2O3S/c1-19-12-7-8-13(20-2)15(9-12)21(18)14-6-4-3-5-11(14)10-17-16/h3-10H,16H2,1-2H3. The SMILES string of the molecule is COc1ccc(OC)c(S(=O)c2ccccc2C=NN)c1. The molecule has 0 saturated heterocycles. The summed E-state index contributed by atoms with van der Waals surface area (Å²) in [5, 5.41) is 3.50. The van der Waals surface area contributed by atoms with Crippen LogP contribution in [0.1, 0.15) is 5.56 Å². The fraction of sp³-hybridized carbons (Fsp3) is 0.133. The van der Waals surface area contributed by atoms with Gasteiger partial charge in [-0.2, -0.15) is 5.10 Å². The van der Waals surface area contributed by atoms with Crippen LogP contribution in [0.2, 0.25) is 0 Å². The summed E-state index contributed by atoms with van der Waals surface area (Å²) in [5.74, 6) is 6.35. The molecule has 2 aromatic carbocycles. The molecule has 2 rings (SSSR count). The molecule has 2 aromatic rings. The van der Waals surface area contributed by atoms with Crippen molar-refractivity contribution in [1.82, 2.24) is 0 Å². The first-order valence-electron chi connectivity index (χ1n) is 6.17. The van der Waals surface area contributed by atoms with Crippen molar-refractivity contribution in [3.8, 4) is 11.5 Å². The van der Waals surface area contributed by atoms with Crippen LogP contribution >= 0.6 is 0 Å². The van der Waals surface area contributed by atoms with E-state index in [4.69, 9.17) is 15.3 Å². The van der Waals surface area contributed by atoms with Crippen LogP contribution < -0.4 is 15.3 Å². The normalized spacial score (nSPS) is 12.3. The highest BCUT2D eigenvalue weighted by molar-refractivity contribution is 7.85. The second-order valence-corrected chi connectivity index (χ2v) is 5.52. The topological polar surface area (TPSA) is 73.9 Å². The van der Waals surface area contributed by atoms with Crippen LogP contribution in [0.5, 0.6) is 11.5 Å². The van der Waals surface area contributed by atoms with Crippen LogP contribution in [0.25, 0.3) is 0 Å². The smallest absolute Gasteiger partial charge is 0.135 e. The Morgan fingerprint density at radius 3 is 2.52 bits per heavy atom. The lowest BCUT2D eigenvalue weighted by molar-refractivity contribution is 0.393. The maximum atomic E-state index is 12.9. The van der Waals surface area contributed by atoms with Gasteiger partial charge in [0.25, 0.3) is 0 Å². The Morgan fingerprint density at radius 2 is 1.86 bits per heavy atom. The van der Waals surface area contributed by atoms with E-state index in [1.807, 2.05) is 12.1 Å². The van der Waals surface area contributed by atoms with Crippen molar-refractivity contribution >= 4 is 17.0 Å². The van der Waals surface area contributed by atoms with Crippen molar-refractivity contribution in [1.29, 1.82) is 0 Å². The molecular formula is C15H16N2O3S. The fourth-order valence-electron chi connectivity index (χ4n) is 1.88. The molecule has 0 aliphatic rings. The molecule has 0 bridgehead atoms. The summed E-state index contributed by atoms with van der Waals surface area (Å²) in [6, 6.07) is 12.4. The summed E-state index contributed by atoms with van der Waals surface area (Å²) in [5.41, 5.74) is 0.697. The number of hydrogen-bond donors (Lipinski definition) is 1. The molecule has 0 aliphatic carbocycles. The number of benzene rings is 2. The number of methoxy groups -OCH3 is 2. The van der Waals surface area contributed by atoms with Gasteiger partial charge in [-0.15, -0.1) is 0 Å². The first-order chi connectivity index (χ1) is 10.2. The molecule has 0 aliphatic heterocycles. The van der Waals surface area contributed by atoms with E-state index in [2.05, 4.69) is 5.10 Å². The Balaban J connectivity index is 2.54. The van der Waals surface area contributed by atoms with Crippen LogP contribution in [0.4, 0.5) is 0 Å². The van der Waals surface area contributed by atoms with Crippen LogP contribution in [0.15, 0.2) is 57.4 Å². The molecule has 5 nitrogen and oxygen atoms in total. The molecule has 6 heteroatoms. The van der Waals surface area contributed by atoms with E-state index in [9.17, 15) is 4.21 Å².